The minimum Gasteiger partial charge on any atom is -0.490 e. The zero-order chi connectivity index (χ0) is 18.0. The number of urea groups is 1. The molecule has 134 valence electrons. The Hall–Kier alpha value is -2.77. The fourth-order valence-corrected chi connectivity index (χ4v) is 2.96. The van der Waals surface area contributed by atoms with Crippen LogP contribution < -0.4 is 14.8 Å². The molecule has 0 aromatic heterocycles. The van der Waals surface area contributed by atoms with Gasteiger partial charge in [-0.15, -0.1) is 0 Å². The number of carbonyl (C=O) groups excluding carboxylic acids is 3. The lowest BCUT2D eigenvalue weighted by Crippen LogP contribution is -2.62. The van der Waals surface area contributed by atoms with Gasteiger partial charge >= 0.3 is 6.03 Å². The van der Waals surface area contributed by atoms with Crippen molar-refractivity contribution in [2.45, 2.75) is 19.9 Å². The molecule has 2 aliphatic heterocycles. The summed E-state index contributed by atoms with van der Waals surface area (Å²) in [5.41, 5.74) is 0.488. The molecule has 1 aromatic carbocycles. The second-order valence-corrected chi connectivity index (χ2v) is 5.81. The number of likely N-dealkylation sites (tertiary alicyclic amines) is 1. The van der Waals surface area contributed by atoms with Crippen molar-refractivity contribution in [1.29, 1.82) is 0 Å². The lowest BCUT2D eigenvalue weighted by molar-refractivity contribution is -0.128. The van der Waals surface area contributed by atoms with Crippen molar-refractivity contribution in [1.82, 2.24) is 15.1 Å². The van der Waals surface area contributed by atoms with Crippen molar-refractivity contribution in [2.24, 2.45) is 0 Å². The van der Waals surface area contributed by atoms with E-state index in [1.165, 1.54) is 4.90 Å². The van der Waals surface area contributed by atoms with E-state index in [-0.39, 0.29) is 30.4 Å². The average molecular weight is 347 g/mol. The summed E-state index contributed by atoms with van der Waals surface area (Å²) in [6.07, 6.45) is 0. The summed E-state index contributed by atoms with van der Waals surface area (Å²) in [5.74, 6) is 0.720. The third-order valence-electron chi connectivity index (χ3n) is 4.18. The summed E-state index contributed by atoms with van der Waals surface area (Å²) in [6.45, 7) is 5.43. The van der Waals surface area contributed by atoms with Gasteiger partial charge in [0, 0.05) is 18.7 Å². The van der Waals surface area contributed by atoms with Crippen LogP contribution in [-0.2, 0) is 4.79 Å². The van der Waals surface area contributed by atoms with Crippen LogP contribution in [0.5, 0.6) is 11.5 Å². The summed E-state index contributed by atoms with van der Waals surface area (Å²) in [7, 11) is 0. The van der Waals surface area contributed by atoms with Gasteiger partial charge in [0.2, 0.25) is 5.91 Å². The number of ether oxygens (including phenoxy) is 2. The number of hydrogen-bond donors (Lipinski definition) is 1. The minimum absolute atomic E-state index is 0.0277. The Bertz CT molecular complexity index is 684. The Morgan fingerprint density at radius 3 is 2.44 bits per heavy atom. The summed E-state index contributed by atoms with van der Waals surface area (Å²) < 4.78 is 11.0. The Kier molecular flexibility index (Phi) is 4.78. The zero-order valence-corrected chi connectivity index (χ0v) is 14.3. The first-order chi connectivity index (χ1) is 12.0. The molecule has 0 unspecified atom stereocenters. The van der Waals surface area contributed by atoms with Crippen molar-refractivity contribution < 1.29 is 23.9 Å². The van der Waals surface area contributed by atoms with E-state index in [2.05, 4.69) is 5.32 Å². The third kappa shape index (κ3) is 3.24. The van der Waals surface area contributed by atoms with Gasteiger partial charge in [0.05, 0.1) is 25.8 Å². The van der Waals surface area contributed by atoms with Crippen LogP contribution in [-0.4, -0.2) is 66.5 Å². The van der Waals surface area contributed by atoms with E-state index >= 15 is 0 Å². The highest BCUT2D eigenvalue weighted by atomic mass is 16.5. The molecule has 25 heavy (non-hydrogen) atoms. The predicted molar refractivity (Wildman–Crippen MR) is 88.7 cm³/mol. The highest BCUT2D eigenvalue weighted by molar-refractivity contribution is 6.03. The molecule has 2 aliphatic rings. The molecule has 0 bridgehead atoms. The van der Waals surface area contributed by atoms with Crippen LogP contribution in [0.2, 0.25) is 0 Å². The maximum absolute atomic E-state index is 12.6. The van der Waals surface area contributed by atoms with Gasteiger partial charge in [-0.1, -0.05) is 0 Å². The van der Waals surface area contributed by atoms with Crippen LogP contribution in [0.4, 0.5) is 4.79 Å². The predicted octanol–water partition coefficient (Wildman–Crippen LogP) is 0.860. The molecule has 1 N–H and O–H groups in total. The molecule has 8 nitrogen and oxygen atoms in total. The highest BCUT2D eigenvalue weighted by Crippen LogP contribution is 2.30. The van der Waals surface area contributed by atoms with Gasteiger partial charge in [0.1, 0.15) is 0 Å². The maximum Gasteiger partial charge on any atom is 0.324 e. The highest BCUT2D eigenvalue weighted by Gasteiger charge is 2.43. The van der Waals surface area contributed by atoms with E-state index in [1.807, 2.05) is 13.8 Å². The third-order valence-corrected chi connectivity index (χ3v) is 4.18. The topological polar surface area (TPSA) is 88.2 Å². The Balaban J connectivity index is 1.67. The summed E-state index contributed by atoms with van der Waals surface area (Å²) >= 11 is 0. The van der Waals surface area contributed by atoms with E-state index in [4.69, 9.17) is 9.47 Å². The van der Waals surface area contributed by atoms with Crippen LogP contribution in [0, 0.1) is 0 Å². The molecule has 2 heterocycles. The van der Waals surface area contributed by atoms with Gasteiger partial charge in [-0.2, -0.15) is 0 Å². The molecule has 3 rings (SSSR count). The monoisotopic (exact) mass is 347 g/mol. The minimum atomic E-state index is -0.387. The van der Waals surface area contributed by atoms with Gasteiger partial charge in [0.25, 0.3) is 5.91 Å². The number of benzene rings is 1. The molecule has 0 atom stereocenters. The lowest BCUT2D eigenvalue weighted by atomic mass is 10.0. The number of rotatable bonds is 6. The molecular weight excluding hydrogens is 326 g/mol. The molecule has 4 amide bonds. The Morgan fingerprint density at radius 2 is 1.84 bits per heavy atom. The first-order valence-corrected chi connectivity index (χ1v) is 8.34. The summed E-state index contributed by atoms with van der Waals surface area (Å²) in [4.78, 5) is 38.7. The van der Waals surface area contributed by atoms with Crippen LogP contribution in [0.25, 0.3) is 0 Å². The van der Waals surface area contributed by atoms with E-state index in [0.717, 1.165) is 0 Å². The SMILES string of the molecule is CCOc1ccc(C(=O)N2CC(N3C(=O)CNC3=O)C2)cc1OCC. The first kappa shape index (κ1) is 17.1. The largest absolute Gasteiger partial charge is 0.490 e. The number of hydrogen-bond acceptors (Lipinski definition) is 5. The Morgan fingerprint density at radius 1 is 1.16 bits per heavy atom. The Labute approximate surface area is 145 Å². The van der Waals surface area contributed by atoms with Crippen LogP contribution in [0.15, 0.2) is 18.2 Å². The van der Waals surface area contributed by atoms with Crippen LogP contribution in [0.3, 0.4) is 0 Å². The fraction of sp³-hybridized carbons (Fsp3) is 0.471. The normalized spacial score (nSPS) is 17.4. The maximum atomic E-state index is 12.6. The van der Waals surface area contributed by atoms with Crippen molar-refractivity contribution in [3.05, 3.63) is 23.8 Å². The molecule has 2 saturated heterocycles. The number of amides is 4. The smallest absolute Gasteiger partial charge is 0.324 e. The van der Waals surface area contributed by atoms with Crippen molar-refractivity contribution in [3.63, 3.8) is 0 Å². The molecule has 2 fully saturated rings. The second kappa shape index (κ2) is 7.00. The number of imide groups is 1. The average Bonchev–Trinajstić information content (AvgIpc) is 2.88. The fourth-order valence-electron chi connectivity index (χ4n) is 2.96. The molecule has 1 aromatic rings. The van der Waals surface area contributed by atoms with Gasteiger partial charge in [0.15, 0.2) is 11.5 Å². The van der Waals surface area contributed by atoms with E-state index in [9.17, 15) is 14.4 Å². The van der Waals surface area contributed by atoms with Gasteiger partial charge < -0.3 is 19.7 Å². The van der Waals surface area contributed by atoms with E-state index in [1.54, 1.807) is 23.1 Å². The van der Waals surface area contributed by atoms with Crippen LogP contribution in [0.1, 0.15) is 24.2 Å². The lowest BCUT2D eigenvalue weighted by Gasteiger charge is -2.42. The van der Waals surface area contributed by atoms with Crippen molar-refractivity contribution in [3.8, 4) is 11.5 Å². The van der Waals surface area contributed by atoms with Gasteiger partial charge in [-0.05, 0) is 32.0 Å². The number of carbonyl (C=O) groups is 3. The molecule has 0 saturated carbocycles. The molecule has 0 aliphatic carbocycles. The quantitative estimate of drug-likeness (QED) is 0.771. The van der Waals surface area contributed by atoms with E-state index in [0.29, 0.717) is 43.4 Å². The zero-order valence-electron chi connectivity index (χ0n) is 14.3. The van der Waals surface area contributed by atoms with E-state index < -0.39 is 0 Å². The van der Waals surface area contributed by atoms with Gasteiger partial charge in [-0.25, -0.2) is 4.79 Å². The molecule has 0 radical (unpaired) electrons. The van der Waals surface area contributed by atoms with Crippen LogP contribution >= 0.6 is 0 Å². The molecular formula is C17H21N3O5. The van der Waals surface area contributed by atoms with Crippen molar-refractivity contribution >= 4 is 17.8 Å². The number of nitrogens with one attached hydrogen (secondary N) is 1. The standard InChI is InChI=1S/C17H21N3O5/c1-3-24-13-6-5-11(7-14(13)25-4-2)16(22)19-9-12(10-19)20-15(21)8-18-17(20)23/h5-7,12H,3-4,8-10H2,1-2H3,(H,18,23). The second-order valence-electron chi connectivity index (χ2n) is 5.81. The van der Waals surface area contributed by atoms with Crippen molar-refractivity contribution in [2.75, 3.05) is 32.8 Å². The van der Waals surface area contributed by atoms with Gasteiger partial charge in [-0.3, -0.25) is 14.5 Å². The summed E-state index contributed by atoms with van der Waals surface area (Å²) in [6, 6.07) is 4.43. The molecule has 0 spiro atoms. The number of nitrogens with zero attached hydrogens (tertiary/aromatic N) is 2. The summed E-state index contributed by atoms with van der Waals surface area (Å²) in [5, 5.41) is 2.49. The first-order valence-electron chi connectivity index (χ1n) is 8.34. The molecule has 8 heteroatoms.